The van der Waals surface area contributed by atoms with Crippen LogP contribution in [-0.2, 0) is 11.2 Å². The average molecular weight is 357 g/mol. The van der Waals surface area contributed by atoms with Gasteiger partial charge in [-0.15, -0.1) is 0 Å². The highest BCUT2D eigenvalue weighted by atomic mass is 19.1. The van der Waals surface area contributed by atoms with E-state index in [9.17, 15) is 14.0 Å². The lowest BCUT2D eigenvalue weighted by Gasteiger charge is -2.39. The molecule has 1 heterocycles. The number of benzene rings is 2. The van der Waals surface area contributed by atoms with Gasteiger partial charge in [0, 0.05) is 19.7 Å². The molecule has 0 saturated carbocycles. The van der Waals surface area contributed by atoms with Gasteiger partial charge in [0.05, 0.1) is 17.2 Å². The number of halogens is 1. The molecule has 0 atom stereocenters. The second-order valence-electron chi connectivity index (χ2n) is 6.29. The number of nitrogens with zero attached hydrogens (tertiary/aromatic N) is 1. The van der Waals surface area contributed by atoms with Crippen LogP contribution in [0.2, 0.25) is 0 Å². The van der Waals surface area contributed by atoms with Crippen molar-refractivity contribution in [3.8, 4) is 0 Å². The third-order valence-electron chi connectivity index (χ3n) is 4.39. The molecule has 26 heavy (non-hydrogen) atoms. The van der Waals surface area contributed by atoms with Crippen molar-refractivity contribution >= 4 is 11.9 Å². The zero-order chi connectivity index (χ0) is 18.5. The number of aryl methyl sites for hydroxylation is 1. The molecule has 0 radical (unpaired) electrons. The summed E-state index contributed by atoms with van der Waals surface area (Å²) in [6, 6.07) is 13.5. The Morgan fingerprint density at radius 2 is 1.88 bits per heavy atom. The first-order valence-electron chi connectivity index (χ1n) is 8.52. The standard InChI is InChI=1S/C20H20FNO4/c21-18-11-15(20(24)25)8-9-17(18)19(23)22-12-16(13-22)26-10-4-7-14-5-2-1-3-6-14/h1-3,5-6,8-9,11,16H,4,7,10,12-13H2,(H,24,25). The van der Waals surface area contributed by atoms with E-state index in [1.165, 1.54) is 22.6 Å². The third-order valence-corrected chi connectivity index (χ3v) is 4.39. The number of rotatable bonds is 7. The van der Waals surface area contributed by atoms with E-state index in [1.807, 2.05) is 18.2 Å². The number of carbonyl (C=O) groups excluding carboxylic acids is 1. The van der Waals surface area contributed by atoms with E-state index in [4.69, 9.17) is 9.84 Å². The van der Waals surface area contributed by atoms with Gasteiger partial charge in [-0.25, -0.2) is 9.18 Å². The fourth-order valence-corrected chi connectivity index (χ4v) is 2.87. The van der Waals surface area contributed by atoms with Gasteiger partial charge in [0.2, 0.25) is 0 Å². The second-order valence-corrected chi connectivity index (χ2v) is 6.29. The van der Waals surface area contributed by atoms with Gasteiger partial charge in [0.25, 0.3) is 5.91 Å². The zero-order valence-corrected chi connectivity index (χ0v) is 14.2. The van der Waals surface area contributed by atoms with Gasteiger partial charge >= 0.3 is 5.97 Å². The molecule has 3 rings (SSSR count). The molecule has 2 aromatic rings. The monoisotopic (exact) mass is 357 g/mol. The number of carboxylic acid groups (broad SMARTS) is 1. The van der Waals surface area contributed by atoms with Crippen LogP contribution in [0.25, 0.3) is 0 Å². The smallest absolute Gasteiger partial charge is 0.335 e. The Morgan fingerprint density at radius 1 is 1.15 bits per heavy atom. The molecule has 2 aromatic carbocycles. The molecule has 136 valence electrons. The molecule has 0 aromatic heterocycles. The maximum atomic E-state index is 13.9. The zero-order valence-electron chi connectivity index (χ0n) is 14.2. The van der Waals surface area contributed by atoms with Crippen molar-refractivity contribution < 1.29 is 23.8 Å². The van der Waals surface area contributed by atoms with E-state index in [-0.39, 0.29) is 17.2 Å². The Kier molecular flexibility index (Phi) is 5.63. The van der Waals surface area contributed by atoms with Crippen molar-refractivity contribution in [2.45, 2.75) is 18.9 Å². The first-order chi connectivity index (χ1) is 12.5. The number of hydrogen-bond acceptors (Lipinski definition) is 3. The van der Waals surface area contributed by atoms with Crippen LogP contribution in [-0.4, -0.2) is 47.7 Å². The Labute approximate surface area is 151 Å². The summed E-state index contributed by atoms with van der Waals surface area (Å²) in [6.45, 7) is 1.46. The fraction of sp³-hybridized carbons (Fsp3) is 0.300. The molecule has 0 spiro atoms. The molecule has 0 unspecified atom stereocenters. The SMILES string of the molecule is O=C(O)c1ccc(C(=O)N2CC(OCCCc3ccccc3)C2)c(F)c1. The van der Waals surface area contributed by atoms with Gasteiger partial charge in [0.1, 0.15) is 5.82 Å². The Hall–Kier alpha value is -2.73. The van der Waals surface area contributed by atoms with Gasteiger partial charge in [0.15, 0.2) is 0 Å². The van der Waals surface area contributed by atoms with Crippen molar-refractivity contribution in [1.82, 2.24) is 4.90 Å². The summed E-state index contributed by atoms with van der Waals surface area (Å²) in [5, 5.41) is 8.84. The van der Waals surface area contributed by atoms with E-state index >= 15 is 0 Å². The number of aromatic carboxylic acids is 1. The predicted octanol–water partition coefficient (Wildman–Crippen LogP) is 3.00. The summed E-state index contributed by atoms with van der Waals surface area (Å²) in [4.78, 5) is 24.6. The minimum atomic E-state index is -1.23. The van der Waals surface area contributed by atoms with E-state index in [0.717, 1.165) is 18.9 Å². The molecule has 1 fully saturated rings. The van der Waals surface area contributed by atoms with Crippen LogP contribution in [0.1, 0.15) is 32.7 Å². The van der Waals surface area contributed by atoms with Crippen LogP contribution in [0.4, 0.5) is 4.39 Å². The van der Waals surface area contributed by atoms with Crippen LogP contribution in [0.3, 0.4) is 0 Å². The molecular formula is C20H20FNO4. The largest absolute Gasteiger partial charge is 0.478 e. The molecule has 1 amide bonds. The number of carbonyl (C=O) groups is 2. The third kappa shape index (κ3) is 4.26. The molecular weight excluding hydrogens is 337 g/mol. The van der Waals surface area contributed by atoms with Gasteiger partial charge in [-0.1, -0.05) is 30.3 Å². The van der Waals surface area contributed by atoms with Crippen molar-refractivity contribution in [2.24, 2.45) is 0 Å². The van der Waals surface area contributed by atoms with Crippen molar-refractivity contribution in [2.75, 3.05) is 19.7 Å². The summed E-state index contributed by atoms with van der Waals surface area (Å²) in [7, 11) is 0. The lowest BCUT2D eigenvalue weighted by Crippen LogP contribution is -2.55. The molecule has 6 heteroatoms. The van der Waals surface area contributed by atoms with Crippen LogP contribution < -0.4 is 0 Å². The highest BCUT2D eigenvalue weighted by Gasteiger charge is 2.33. The maximum Gasteiger partial charge on any atom is 0.335 e. The number of amides is 1. The molecule has 1 aliphatic heterocycles. The fourth-order valence-electron chi connectivity index (χ4n) is 2.87. The highest BCUT2D eigenvalue weighted by molar-refractivity contribution is 5.96. The summed E-state index contributed by atoms with van der Waals surface area (Å²) in [5.74, 6) is -2.48. The van der Waals surface area contributed by atoms with Crippen LogP contribution in [0.15, 0.2) is 48.5 Å². The lowest BCUT2D eigenvalue weighted by atomic mass is 10.1. The van der Waals surface area contributed by atoms with E-state index in [2.05, 4.69) is 12.1 Å². The first kappa shape index (κ1) is 18.1. The molecule has 1 aliphatic rings. The van der Waals surface area contributed by atoms with Gasteiger partial charge in [-0.2, -0.15) is 0 Å². The minimum absolute atomic E-state index is 0.0314. The van der Waals surface area contributed by atoms with E-state index in [0.29, 0.717) is 19.7 Å². The normalized spacial score (nSPS) is 14.1. The highest BCUT2D eigenvalue weighted by Crippen LogP contribution is 2.19. The maximum absolute atomic E-state index is 13.9. The summed E-state index contributed by atoms with van der Waals surface area (Å²) in [6.07, 6.45) is 1.81. The predicted molar refractivity (Wildman–Crippen MR) is 93.8 cm³/mol. The van der Waals surface area contributed by atoms with Crippen molar-refractivity contribution in [1.29, 1.82) is 0 Å². The average Bonchev–Trinajstić information content (AvgIpc) is 2.60. The summed E-state index contributed by atoms with van der Waals surface area (Å²) < 4.78 is 19.7. The topological polar surface area (TPSA) is 66.8 Å². The van der Waals surface area contributed by atoms with Crippen LogP contribution >= 0.6 is 0 Å². The number of likely N-dealkylation sites (tertiary alicyclic amines) is 1. The van der Waals surface area contributed by atoms with E-state index in [1.54, 1.807) is 0 Å². The first-order valence-corrected chi connectivity index (χ1v) is 8.52. The minimum Gasteiger partial charge on any atom is -0.478 e. The number of ether oxygens (including phenoxy) is 1. The van der Waals surface area contributed by atoms with Gasteiger partial charge < -0.3 is 14.7 Å². The van der Waals surface area contributed by atoms with Crippen molar-refractivity contribution in [3.63, 3.8) is 0 Å². The summed E-state index contributed by atoms with van der Waals surface area (Å²) in [5.41, 5.74) is 0.974. The Bertz CT molecular complexity index is 788. The second kappa shape index (κ2) is 8.10. The lowest BCUT2D eigenvalue weighted by molar-refractivity contribution is -0.0431. The van der Waals surface area contributed by atoms with Crippen LogP contribution in [0.5, 0.6) is 0 Å². The molecule has 1 saturated heterocycles. The van der Waals surface area contributed by atoms with Crippen molar-refractivity contribution in [3.05, 3.63) is 71.0 Å². The Morgan fingerprint density at radius 3 is 2.54 bits per heavy atom. The van der Waals surface area contributed by atoms with Gasteiger partial charge in [-0.05, 0) is 36.6 Å². The summed E-state index contributed by atoms with van der Waals surface area (Å²) >= 11 is 0. The van der Waals surface area contributed by atoms with Gasteiger partial charge in [-0.3, -0.25) is 4.79 Å². The quantitative estimate of drug-likeness (QED) is 0.774. The molecule has 0 bridgehead atoms. The number of carboxylic acids is 1. The molecule has 1 N–H and O–H groups in total. The molecule has 0 aliphatic carbocycles. The van der Waals surface area contributed by atoms with Crippen LogP contribution in [0, 0.1) is 5.82 Å². The molecule has 5 nitrogen and oxygen atoms in total. The van der Waals surface area contributed by atoms with E-state index < -0.39 is 17.7 Å². The Balaban J connectivity index is 1.42. The number of hydrogen-bond donors (Lipinski definition) is 1.